The lowest BCUT2D eigenvalue weighted by molar-refractivity contribution is -0.118. The van der Waals surface area contributed by atoms with Gasteiger partial charge in [0.2, 0.25) is 0 Å². The highest BCUT2D eigenvalue weighted by molar-refractivity contribution is 6.30. The highest BCUT2D eigenvalue weighted by Crippen LogP contribution is 2.19. The fourth-order valence-corrected chi connectivity index (χ4v) is 2.31. The number of ether oxygens (including phenoxy) is 1. The Morgan fingerprint density at radius 2 is 1.84 bits per heavy atom. The minimum Gasteiger partial charge on any atom is -0.484 e. The van der Waals surface area contributed by atoms with Gasteiger partial charge in [-0.2, -0.15) is 0 Å². The molecule has 3 aromatic rings. The van der Waals surface area contributed by atoms with Gasteiger partial charge >= 0.3 is 0 Å². The Labute approximate surface area is 150 Å². The topological polar surface area (TPSA) is 63.2 Å². The molecule has 0 aliphatic rings. The number of rotatable bonds is 6. The molecular formula is C19H16ClN3O2. The molecule has 0 aliphatic heterocycles. The normalized spacial score (nSPS) is 10.1. The number of halogens is 1. The van der Waals surface area contributed by atoms with Crippen molar-refractivity contribution in [2.45, 2.75) is 0 Å². The third-order valence-corrected chi connectivity index (χ3v) is 3.49. The van der Waals surface area contributed by atoms with Gasteiger partial charge in [0.15, 0.2) is 6.61 Å². The van der Waals surface area contributed by atoms with E-state index >= 15 is 0 Å². The Kier molecular flexibility index (Phi) is 5.49. The van der Waals surface area contributed by atoms with Crippen molar-refractivity contribution in [3.8, 4) is 5.75 Å². The fourth-order valence-electron chi connectivity index (χ4n) is 2.12. The van der Waals surface area contributed by atoms with Gasteiger partial charge in [-0.05, 0) is 42.5 Å². The SMILES string of the molecule is O=C(COc1ccccc1)Nc1ccc(Nc2cccc(Cl)c2)nc1. The van der Waals surface area contributed by atoms with Crippen LogP contribution in [0, 0.1) is 0 Å². The second kappa shape index (κ2) is 8.17. The van der Waals surface area contributed by atoms with Gasteiger partial charge < -0.3 is 15.4 Å². The number of amides is 1. The van der Waals surface area contributed by atoms with E-state index < -0.39 is 0 Å². The molecule has 3 rings (SSSR count). The summed E-state index contributed by atoms with van der Waals surface area (Å²) >= 11 is 5.95. The van der Waals surface area contributed by atoms with Crippen LogP contribution in [0.4, 0.5) is 17.2 Å². The van der Waals surface area contributed by atoms with Gasteiger partial charge in [0.05, 0.1) is 11.9 Å². The van der Waals surface area contributed by atoms with Gasteiger partial charge in [-0.1, -0.05) is 35.9 Å². The van der Waals surface area contributed by atoms with Crippen LogP contribution in [0.5, 0.6) is 5.75 Å². The standard InChI is InChI=1S/C19H16ClN3O2/c20-14-5-4-6-15(11-14)22-18-10-9-16(12-21-18)23-19(24)13-25-17-7-2-1-3-8-17/h1-12H,13H2,(H,21,22)(H,23,24). The zero-order chi connectivity index (χ0) is 17.5. The van der Waals surface area contributed by atoms with Crippen LogP contribution in [-0.4, -0.2) is 17.5 Å². The average Bonchev–Trinajstić information content (AvgIpc) is 2.63. The first-order chi connectivity index (χ1) is 12.2. The lowest BCUT2D eigenvalue weighted by atomic mass is 10.3. The van der Waals surface area contributed by atoms with E-state index in [1.165, 1.54) is 0 Å². The number of carbonyl (C=O) groups excluding carboxylic acids is 1. The molecule has 1 heterocycles. The number of nitrogens with zero attached hydrogens (tertiary/aromatic N) is 1. The first-order valence-corrected chi connectivity index (χ1v) is 8.03. The van der Waals surface area contributed by atoms with Crippen LogP contribution >= 0.6 is 11.6 Å². The summed E-state index contributed by atoms with van der Waals surface area (Å²) in [5, 5.41) is 6.52. The molecule has 0 atom stereocenters. The van der Waals surface area contributed by atoms with E-state index in [0.29, 0.717) is 22.3 Å². The molecule has 0 saturated carbocycles. The summed E-state index contributed by atoms with van der Waals surface area (Å²) < 4.78 is 5.40. The van der Waals surface area contributed by atoms with Gasteiger partial charge in [0, 0.05) is 10.7 Å². The highest BCUT2D eigenvalue weighted by Gasteiger charge is 2.04. The van der Waals surface area contributed by atoms with E-state index in [4.69, 9.17) is 16.3 Å². The van der Waals surface area contributed by atoms with Crippen molar-refractivity contribution < 1.29 is 9.53 Å². The van der Waals surface area contributed by atoms with Gasteiger partial charge in [-0.15, -0.1) is 0 Å². The molecule has 5 nitrogen and oxygen atoms in total. The predicted molar refractivity (Wildman–Crippen MR) is 99.5 cm³/mol. The summed E-state index contributed by atoms with van der Waals surface area (Å²) in [6.45, 7) is -0.0630. The average molecular weight is 354 g/mol. The van der Waals surface area contributed by atoms with Crippen LogP contribution < -0.4 is 15.4 Å². The van der Waals surface area contributed by atoms with Gasteiger partial charge in [-0.25, -0.2) is 4.98 Å². The number of benzene rings is 2. The van der Waals surface area contributed by atoms with Crippen molar-refractivity contribution in [1.82, 2.24) is 4.98 Å². The van der Waals surface area contributed by atoms with Crippen LogP contribution in [0.3, 0.4) is 0 Å². The Morgan fingerprint density at radius 1 is 1.00 bits per heavy atom. The molecule has 2 aromatic carbocycles. The van der Waals surface area contributed by atoms with Gasteiger partial charge in [0.1, 0.15) is 11.6 Å². The second-order valence-electron chi connectivity index (χ2n) is 5.22. The van der Waals surface area contributed by atoms with E-state index in [9.17, 15) is 4.79 Å². The summed E-state index contributed by atoms with van der Waals surface area (Å²) in [6, 6.07) is 20.1. The zero-order valence-electron chi connectivity index (χ0n) is 13.3. The summed E-state index contributed by atoms with van der Waals surface area (Å²) in [7, 11) is 0. The van der Waals surface area contributed by atoms with E-state index in [1.807, 2.05) is 30.3 Å². The number of hydrogen-bond donors (Lipinski definition) is 2. The Morgan fingerprint density at radius 3 is 2.56 bits per heavy atom. The lowest BCUT2D eigenvalue weighted by Crippen LogP contribution is -2.20. The second-order valence-corrected chi connectivity index (χ2v) is 5.65. The summed E-state index contributed by atoms with van der Waals surface area (Å²) in [5.41, 5.74) is 1.44. The third kappa shape index (κ3) is 5.22. The van der Waals surface area contributed by atoms with Gasteiger partial charge in [0.25, 0.3) is 5.91 Å². The molecule has 0 spiro atoms. The molecule has 0 saturated heterocycles. The smallest absolute Gasteiger partial charge is 0.262 e. The molecule has 1 amide bonds. The monoisotopic (exact) mass is 353 g/mol. The van der Waals surface area contributed by atoms with Crippen molar-refractivity contribution in [2.24, 2.45) is 0 Å². The molecule has 25 heavy (non-hydrogen) atoms. The number of anilines is 3. The molecule has 2 N–H and O–H groups in total. The zero-order valence-corrected chi connectivity index (χ0v) is 14.0. The molecule has 0 bridgehead atoms. The Hall–Kier alpha value is -3.05. The van der Waals surface area contributed by atoms with Crippen molar-refractivity contribution >= 4 is 34.7 Å². The van der Waals surface area contributed by atoms with E-state index in [-0.39, 0.29) is 12.5 Å². The molecular weight excluding hydrogens is 338 g/mol. The van der Waals surface area contributed by atoms with Crippen LogP contribution in [0.25, 0.3) is 0 Å². The first kappa shape index (κ1) is 16.8. The lowest BCUT2D eigenvalue weighted by Gasteiger charge is -2.09. The number of aromatic nitrogens is 1. The maximum absolute atomic E-state index is 11.9. The van der Waals surface area contributed by atoms with Crippen molar-refractivity contribution in [1.29, 1.82) is 0 Å². The summed E-state index contributed by atoms with van der Waals surface area (Å²) in [6.07, 6.45) is 1.58. The predicted octanol–water partition coefficient (Wildman–Crippen LogP) is 4.50. The Balaban J connectivity index is 1.52. The maximum Gasteiger partial charge on any atom is 0.262 e. The number of hydrogen-bond acceptors (Lipinski definition) is 4. The molecule has 0 unspecified atom stereocenters. The fraction of sp³-hybridized carbons (Fsp3) is 0.0526. The quantitative estimate of drug-likeness (QED) is 0.685. The minimum absolute atomic E-state index is 0.0630. The van der Waals surface area contributed by atoms with Crippen LogP contribution in [0.2, 0.25) is 5.02 Å². The van der Waals surface area contributed by atoms with E-state index in [2.05, 4.69) is 15.6 Å². The summed E-state index contributed by atoms with van der Waals surface area (Å²) in [4.78, 5) is 16.2. The van der Waals surface area contributed by atoms with E-state index in [1.54, 1.807) is 42.6 Å². The van der Waals surface area contributed by atoms with Crippen LogP contribution in [0.1, 0.15) is 0 Å². The third-order valence-electron chi connectivity index (χ3n) is 3.26. The molecule has 0 fully saturated rings. The van der Waals surface area contributed by atoms with Crippen molar-refractivity contribution in [3.63, 3.8) is 0 Å². The summed E-state index contributed by atoms with van der Waals surface area (Å²) in [5.74, 6) is 1.05. The number of pyridine rings is 1. The molecule has 126 valence electrons. The number of para-hydroxylation sites is 1. The minimum atomic E-state index is -0.249. The van der Waals surface area contributed by atoms with Gasteiger partial charge in [-0.3, -0.25) is 4.79 Å². The van der Waals surface area contributed by atoms with Crippen molar-refractivity contribution in [3.05, 3.63) is 77.9 Å². The maximum atomic E-state index is 11.9. The number of carbonyl (C=O) groups is 1. The first-order valence-electron chi connectivity index (χ1n) is 7.65. The molecule has 0 radical (unpaired) electrons. The number of nitrogens with one attached hydrogen (secondary N) is 2. The van der Waals surface area contributed by atoms with E-state index in [0.717, 1.165) is 5.69 Å². The Bertz CT molecular complexity index is 839. The van der Waals surface area contributed by atoms with Crippen molar-refractivity contribution in [2.75, 3.05) is 17.2 Å². The highest BCUT2D eigenvalue weighted by atomic mass is 35.5. The largest absolute Gasteiger partial charge is 0.484 e. The molecule has 1 aromatic heterocycles. The molecule has 0 aliphatic carbocycles. The van der Waals surface area contributed by atoms with Crippen LogP contribution in [-0.2, 0) is 4.79 Å². The molecule has 6 heteroatoms. The van der Waals surface area contributed by atoms with Crippen LogP contribution in [0.15, 0.2) is 72.9 Å².